The summed E-state index contributed by atoms with van der Waals surface area (Å²) in [6.45, 7) is 0. The Balaban J connectivity index is 1.60. The molecule has 1 N–H and O–H groups in total. The van der Waals surface area contributed by atoms with Gasteiger partial charge in [0.2, 0.25) is 0 Å². The normalized spacial score (nSPS) is 31.7. The predicted octanol–water partition coefficient (Wildman–Crippen LogP) is 3.06. The Bertz CT molecular complexity index is 737. The van der Waals surface area contributed by atoms with Crippen molar-refractivity contribution in [2.24, 2.45) is 28.8 Å². The lowest BCUT2D eigenvalue weighted by molar-refractivity contribution is -0.140. The number of hydrazone groups is 1. The number of carbonyl (C=O) groups excluding carboxylic acids is 2. The molecule has 7 heteroatoms. The number of nitrogens with zero attached hydrogens (tertiary/aromatic N) is 2. The summed E-state index contributed by atoms with van der Waals surface area (Å²) in [7, 11) is 0. The summed E-state index contributed by atoms with van der Waals surface area (Å²) in [6, 6.07) is 3.33. The van der Waals surface area contributed by atoms with E-state index < -0.39 is 0 Å². The molecule has 118 valence electrons. The average molecular weight is 440 g/mol. The number of fused-ring (bicyclic) bond motifs is 5. The molecule has 2 amide bonds. The van der Waals surface area contributed by atoms with Crippen molar-refractivity contribution in [2.45, 2.75) is 6.42 Å². The quantitative estimate of drug-likeness (QED) is 0.437. The Hall–Kier alpha value is -1.47. The van der Waals surface area contributed by atoms with Crippen molar-refractivity contribution in [2.75, 3.05) is 0 Å². The molecule has 5 nitrogen and oxygen atoms in total. The number of imide groups is 1. The third kappa shape index (κ3) is 2.21. The molecule has 3 aliphatic rings. The van der Waals surface area contributed by atoms with Crippen LogP contribution in [0, 0.1) is 23.7 Å². The van der Waals surface area contributed by atoms with Crippen LogP contribution in [0.1, 0.15) is 12.0 Å². The highest BCUT2D eigenvalue weighted by Gasteiger charge is 2.59. The zero-order valence-corrected chi connectivity index (χ0v) is 15.0. The second-order valence-electron chi connectivity index (χ2n) is 6.07. The second-order valence-corrected chi connectivity index (χ2v) is 7.77. The summed E-state index contributed by atoms with van der Waals surface area (Å²) in [5.41, 5.74) is 0.667. The lowest BCUT2D eigenvalue weighted by Crippen LogP contribution is -2.28. The van der Waals surface area contributed by atoms with Crippen molar-refractivity contribution in [1.82, 2.24) is 5.01 Å². The number of hydrogen-bond donors (Lipinski definition) is 1. The molecule has 23 heavy (non-hydrogen) atoms. The highest BCUT2D eigenvalue weighted by Crippen LogP contribution is 2.52. The van der Waals surface area contributed by atoms with Gasteiger partial charge in [-0.15, -0.1) is 0 Å². The van der Waals surface area contributed by atoms with E-state index in [9.17, 15) is 14.7 Å². The van der Waals surface area contributed by atoms with Gasteiger partial charge in [0.25, 0.3) is 11.8 Å². The van der Waals surface area contributed by atoms with Gasteiger partial charge < -0.3 is 5.11 Å². The summed E-state index contributed by atoms with van der Waals surface area (Å²) in [6.07, 6.45) is 6.47. The van der Waals surface area contributed by atoms with E-state index in [1.165, 1.54) is 6.21 Å². The van der Waals surface area contributed by atoms with E-state index in [-0.39, 0.29) is 41.2 Å². The molecule has 4 atom stereocenters. The number of benzene rings is 1. The highest BCUT2D eigenvalue weighted by molar-refractivity contribution is 9.11. The SMILES string of the molecule is O=C1[C@@H]2[C@H](C(=O)N1/N=C\c1cc(Br)c(O)c(Br)c1)[C@H]1C=C[C@H]2C1. The number of amides is 2. The number of rotatable bonds is 2. The van der Waals surface area contributed by atoms with E-state index in [1.54, 1.807) is 12.1 Å². The van der Waals surface area contributed by atoms with Gasteiger partial charge in [0.1, 0.15) is 5.75 Å². The van der Waals surface area contributed by atoms with Gasteiger partial charge in [-0.05, 0) is 67.8 Å². The van der Waals surface area contributed by atoms with E-state index in [4.69, 9.17) is 0 Å². The Kier molecular flexibility index (Phi) is 3.46. The molecule has 2 fully saturated rings. The number of halogens is 2. The minimum absolute atomic E-state index is 0.0904. The topological polar surface area (TPSA) is 70.0 Å². The van der Waals surface area contributed by atoms with Gasteiger partial charge in [0, 0.05) is 0 Å². The largest absolute Gasteiger partial charge is 0.506 e. The van der Waals surface area contributed by atoms with Crippen LogP contribution in [0.15, 0.2) is 38.3 Å². The number of phenols is 1. The summed E-state index contributed by atoms with van der Waals surface area (Å²) in [4.78, 5) is 25.0. The summed E-state index contributed by atoms with van der Waals surface area (Å²) < 4.78 is 1.01. The minimum Gasteiger partial charge on any atom is -0.506 e. The van der Waals surface area contributed by atoms with Gasteiger partial charge in [0.05, 0.1) is 27.0 Å². The molecular weight excluding hydrogens is 428 g/mol. The monoisotopic (exact) mass is 438 g/mol. The van der Waals surface area contributed by atoms with Crippen molar-refractivity contribution in [3.05, 3.63) is 38.8 Å². The number of hydrogen-bond acceptors (Lipinski definition) is 4. The standard InChI is InChI=1S/C16H12Br2N2O3/c17-10-3-7(4-11(18)14(10)21)6-19-20-15(22)12-8-1-2-9(5-8)13(12)16(20)23/h1-4,6,8-9,12-13,21H,5H2/b19-6-/t8-,9-,12-,13+/m0/s1. The molecular formula is C16H12Br2N2O3. The van der Waals surface area contributed by atoms with Gasteiger partial charge in [0.15, 0.2) is 0 Å². The number of carbonyl (C=O) groups is 2. The Labute approximate surface area is 149 Å². The van der Waals surface area contributed by atoms with Crippen LogP contribution in [0.4, 0.5) is 0 Å². The van der Waals surface area contributed by atoms with Crippen molar-refractivity contribution in [1.29, 1.82) is 0 Å². The molecule has 1 aromatic rings. The fourth-order valence-corrected chi connectivity index (χ4v) is 5.01. The lowest BCUT2D eigenvalue weighted by atomic mass is 9.85. The Morgan fingerprint density at radius 3 is 2.13 bits per heavy atom. The number of aromatic hydroxyl groups is 1. The Morgan fingerprint density at radius 1 is 1.09 bits per heavy atom. The van der Waals surface area contributed by atoms with Gasteiger partial charge >= 0.3 is 0 Å². The Morgan fingerprint density at radius 2 is 1.61 bits per heavy atom. The van der Waals surface area contributed by atoms with Crippen LogP contribution in [-0.2, 0) is 9.59 Å². The predicted molar refractivity (Wildman–Crippen MR) is 90.7 cm³/mol. The van der Waals surface area contributed by atoms with Crippen LogP contribution in [0.25, 0.3) is 0 Å². The van der Waals surface area contributed by atoms with E-state index >= 15 is 0 Å². The molecule has 0 spiro atoms. The molecule has 1 saturated carbocycles. The van der Waals surface area contributed by atoms with Crippen molar-refractivity contribution in [3.8, 4) is 5.75 Å². The first-order chi connectivity index (χ1) is 11.0. The van der Waals surface area contributed by atoms with Crippen molar-refractivity contribution in [3.63, 3.8) is 0 Å². The van der Waals surface area contributed by atoms with Gasteiger partial charge in [-0.3, -0.25) is 9.59 Å². The first kappa shape index (κ1) is 15.1. The highest BCUT2D eigenvalue weighted by atomic mass is 79.9. The minimum atomic E-state index is -0.243. The molecule has 1 saturated heterocycles. The van der Waals surface area contributed by atoms with Crippen LogP contribution in [0.3, 0.4) is 0 Å². The second kappa shape index (κ2) is 5.27. The summed E-state index contributed by atoms with van der Waals surface area (Å²) in [5.74, 6) is -0.444. The first-order valence-electron chi connectivity index (χ1n) is 7.25. The molecule has 4 rings (SSSR count). The fourth-order valence-electron chi connectivity index (χ4n) is 3.78. The molecule has 0 aromatic heterocycles. The van der Waals surface area contributed by atoms with Gasteiger partial charge in [-0.25, -0.2) is 0 Å². The summed E-state index contributed by atoms with van der Waals surface area (Å²) in [5, 5.41) is 14.8. The van der Waals surface area contributed by atoms with E-state index in [2.05, 4.69) is 49.1 Å². The maximum Gasteiger partial charge on any atom is 0.254 e. The smallest absolute Gasteiger partial charge is 0.254 e. The average Bonchev–Trinajstić information content (AvgIpc) is 3.18. The molecule has 2 aliphatic carbocycles. The van der Waals surface area contributed by atoms with Crippen molar-refractivity contribution < 1.29 is 14.7 Å². The molecule has 1 heterocycles. The maximum absolute atomic E-state index is 12.5. The number of allylic oxidation sites excluding steroid dienone is 2. The molecule has 0 radical (unpaired) electrons. The fraction of sp³-hybridized carbons (Fsp3) is 0.312. The number of phenolic OH excluding ortho intramolecular Hbond substituents is 1. The van der Waals surface area contributed by atoms with E-state index in [0.717, 1.165) is 11.4 Å². The van der Waals surface area contributed by atoms with Crippen LogP contribution >= 0.6 is 31.9 Å². The van der Waals surface area contributed by atoms with E-state index in [1.807, 2.05) is 0 Å². The van der Waals surface area contributed by atoms with Crippen LogP contribution in [-0.4, -0.2) is 28.1 Å². The molecule has 2 bridgehead atoms. The third-order valence-electron chi connectivity index (χ3n) is 4.81. The third-order valence-corrected chi connectivity index (χ3v) is 6.02. The van der Waals surface area contributed by atoms with Crippen LogP contribution in [0.2, 0.25) is 0 Å². The first-order valence-corrected chi connectivity index (χ1v) is 8.84. The van der Waals surface area contributed by atoms with E-state index in [0.29, 0.717) is 14.5 Å². The molecule has 1 aromatic carbocycles. The molecule has 0 unspecified atom stereocenters. The van der Waals surface area contributed by atoms with Gasteiger partial charge in [-0.1, -0.05) is 12.2 Å². The maximum atomic E-state index is 12.5. The lowest BCUT2D eigenvalue weighted by Gasteiger charge is -2.13. The zero-order chi connectivity index (χ0) is 16.3. The van der Waals surface area contributed by atoms with Gasteiger partial charge in [-0.2, -0.15) is 10.1 Å². The van der Waals surface area contributed by atoms with Crippen LogP contribution in [0.5, 0.6) is 5.75 Å². The zero-order valence-electron chi connectivity index (χ0n) is 11.8. The van der Waals surface area contributed by atoms with Crippen LogP contribution < -0.4 is 0 Å². The molecule has 1 aliphatic heterocycles. The summed E-state index contributed by atoms with van der Waals surface area (Å²) >= 11 is 6.48. The van der Waals surface area contributed by atoms with Crippen molar-refractivity contribution >= 4 is 49.9 Å².